The zero-order valence-corrected chi connectivity index (χ0v) is 15.3. The Labute approximate surface area is 149 Å². The van der Waals surface area contributed by atoms with Crippen LogP contribution in [-0.2, 0) is 12.0 Å². The fourth-order valence-corrected chi connectivity index (χ4v) is 3.03. The minimum absolute atomic E-state index is 0.0286. The molecule has 5 heteroatoms. The van der Waals surface area contributed by atoms with Gasteiger partial charge in [-0.25, -0.2) is 4.79 Å². The van der Waals surface area contributed by atoms with Gasteiger partial charge in [0.25, 0.3) is 0 Å². The average molecular weight is 341 g/mol. The number of furan rings is 1. The summed E-state index contributed by atoms with van der Waals surface area (Å²) in [4.78, 5) is 16.4. The molecule has 1 N–H and O–H groups in total. The van der Waals surface area contributed by atoms with Crippen molar-refractivity contribution < 1.29 is 9.21 Å². The highest BCUT2D eigenvalue weighted by Crippen LogP contribution is 2.25. The van der Waals surface area contributed by atoms with Crippen LogP contribution in [0.25, 0.3) is 0 Å². The van der Waals surface area contributed by atoms with Crippen molar-refractivity contribution in [2.75, 3.05) is 31.1 Å². The van der Waals surface area contributed by atoms with Gasteiger partial charge in [0.05, 0.1) is 12.8 Å². The molecule has 3 rings (SSSR count). The van der Waals surface area contributed by atoms with E-state index >= 15 is 0 Å². The maximum Gasteiger partial charge on any atom is 0.317 e. The molecule has 1 fully saturated rings. The molecule has 0 radical (unpaired) electrons. The summed E-state index contributed by atoms with van der Waals surface area (Å²) in [6.07, 6.45) is 1.62. The Morgan fingerprint density at radius 3 is 2.32 bits per heavy atom. The smallest absolute Gasteiger partial charge is 0.317 e. The van der Waals surface area contributed by atoms with E-state index in [2.05, 4.69) is 55.3 Å². The van der Waals surface area contributed by atoms with Crippen LogP contribution in [0.15, 0.2) is 47.1 Å². The topological polar surface area (TPSA) is 48.7 Å². The molecule has 0 saturated carbocycles. The Balaban J connectivity index is 1.50. The van der Waals surface area contributed by atoms with Crippen molar-refractivity contribution in [3.63, 3.8) is 0 Å². The number of rotatable bonds is 3. The summed E-state index contributed by atoms with van der Waals surface area (Å²) in [6, 6.07) is 12.4. The standard InChI is InChI=1S/C20H27N3O2/c1-20(2,3)16-6-8-17(9-7-16)22-10-12-23(13-11-22)19(24)21-15-18-5-4-14-25-18/h4-9,14H,10-13,15H2,1-3H3,(H,21,24). The van der Waals surface area contributed by atoms with E-state index in [9.17, 15) is 4.79 Å². The molecule has 1 aliphatic heterocycles. The van der Waals surface area contributed by atoms with Crippen LogP contribution in [0, 0.1) is 0 Å². The van der Waals surface area contributed by atoms with Gasteiger partial charge < -0.3 is 19.5 Å². The Bertz CT molecular complexity index is 679. The summed E-state index contributed by atoms with van der Waals surface area (Å²) in [5.41, 5.74) is 2.74. The monoisotopic (exact) mass is 341 g/mol. The van der Waals surface area contributed by atoms with E-state index in [1.807, 2.05) is 17.0 Å². The van der Waals surface area contributed by atoms with Gasteiger partial charge in [0.15, 0.2) is 0 Å². The number of anilines is 1. The summed E-state index contributed by atoms with van der Waals surface area (Å²) in [7, 11) is 0. The summed E-state index contributed by atoms with van der Waals surface area (Å²) >= 11 is 0. The number of nitrogens with one attached hydrogen (secondary N) is 1. The summed E-state index contributed by atoms with van der Waals surface area (Å²) in [6.45, 7) is 10.3. The van der Waals surface area contributed by atoms with Crippen molar-refractivity contribution in [3.8, 4) is 0 Å². The number of piperazine rings is 1. The van der Waals surface area contributed by atoms with E-state index in [4.69, 9.17) is 4.42 Å². The molecule has 2 heterocycles. The molecule has 0 unspecified atom stereocenters. The second-order valence-electron chi connectivity index (χ2n) is 7.51. The van der Waals surface area contributed by atoms with E-state index in [1.54, 1.807) is 6.26 Å². The fraction of sp³-hybridized carbons (Fsp3) is 0.450. The number of carbonyl (C=O) groups is 1. The van der Waals surface area contributed by atoms with Crippen molar-refractivity contribution in [1.82, 2.24) is 10.2 Å². The molecule has 1 saturated heterocycles. The second-order valence-corrected chi connectivity index (χ2v) is 7.51. The van der Waals surface area contributed by atoms with Crippen molar-refractivity contribution in [2.24, 2.45) is 0 Å². The van der Waals surface area contributed by atoms with Crippen molar-refractivity contribution in [2.45, 2.75) is 32.7 Å². The number of carbonyl (C=O) groups excluding carboxylic acids is 1. The van der Waals surface area contributed by atoms with Crippen LogP contribution in [0.1, 0.15) is 32.1 Å². The molecule has 134 valence electrons. The number of amides is 2. The van der Waals surface area contributed by atoms with Gasteiger partial charge in [0.1, 0.15) is 5.76 Å². The minimum Gasteiger partial charge on any atom is -0.467 e. The summed E-state index contributed by atoms with van der Waals surface area (Å²) < 4.78 is 5.24. The van der Waals surface area contributed by atoms with E-state index in [0.717, 1.165) is 31.9 Å². The van der Waals surface area contributed by atoms with Crippen LogP contribution < -0.4 is 10.2 Å². The van der Waals surface area contributed by atoms with Crippen LogP contribution in [0.4, 0.5) is 10.5 Å². The third-order valence-corrected chi connectivity index (χ3v) is 4.66. The molecule has 1 aromatic carbocycles. The summed E-state index contributed by atoms with van der Waals surface area (Å²) in [5.74, 6) is 0.769. The molecular weight excluding hydrogens is 314 g/mol. The Morgan fingerprint density at radius 1 is 1.08 bits per heavy atom. The zero-order chi connectivity index (χ0) is 17.9. The van der Waals surface area contributed by atoms with Crippen LogP contribution in [-0.4, -0.2) is 37.1 Å². The first-order chi connectivity index (χ1) is 11.9. The molecule has 1 aromatic heterocycles. The largest absolute Gasteiger partial charge is 0.467 e. The normalized spacial score (nSPS) is 15.3. The quantitative estimate of drug-likeness (QED) is 0.928. The van der Waals surface area contributed by atoms with Crippen LogP contribution in [0.5, 0.6) is 0 Å². The molecule has 0 atom stereocenters. The van der Waals surface area contributed by atoms with E-state index in [0.29, 0.717) is 6.54 Å². The highest BCUT2D eigenvalue weighted by molar-refractivity contribution is 5.74. The lowest BCUT2D eigenvalue weighted by atomic mass is 9.87. The lowest BCUT2D eigenvalue weighted by Gasteiger charge is -2.36. The predicted octanol–water partition coefficient (Wildman–Crippen LogP) is 3.61. The van der Waals surface area contributed by atoms with Gasteiger partial charge in [-0.2, -0.15) is 0 Å². The van der Waals surface area contributed by atoms with E-state index in [1.165, 1.54) is 11.3 Å². The number of hydrogen-bond acceptors (Lipinski definition) is 3. The van der Waals surface area contributed by atoms with Gasteiger partial charge in [-0.05, 0) is 35.2 Å². The maximum absolute atomic E-state index is 12.2. The van der Waals surface area contributed by atoms with Gasteiger partial charge in [0.2, 0.25) is 0 Å². The summed E-state index contributed by atoms with van der Waals surface area (Å²) in [5, 5.41) is 2.91. The Hall–Kier alpha value is -2.43. The number of nitrogens with zero attached hydrogens (tertiary/aromatic N) is 2. The molecule has 0 aliphatic carbocycles. The van der Waals surface area contributed by atoms with E-state index < -0.39 is 0 Å². The number of urea groups is 1. The Morgan fingerprint density at radius 2 is 1.76 bits per heavy atom. The van der Waals surface area contributed by atoms with Crippen molar-refractivity contribution in [3.05, 3.63) is 54.0 Å². The fourth-order valence-electron chi connectivity index (χ4n) is 3.03. The van der Waals surface area contributed by atoms with Gasteiger partial charge in [-0.3, -0.25) is 0 Å². The first-order valence-corrected chi connectivity index (χ1v) is 8.84. The van der Waals surface area contributed by atoms with Gasteiger partial charge >= 0.3 is 6.03 Å². The van der Waals surface area contributed by atoms with Gasteiger partial charge in [-0.15, -0.1) is 0 Å². The number of hydrogen-bond donors (Lipinski definition) is 1. The lowest BCUT2D eigenvalue weighted by Crippen LogP contribution is -2.51. The molecule has 2 amide bonds. The zero-order valence-electron chi connectivity index (χ0n) is 15.3. The van der Waals surface area contributed by atoms with Crippen LogP contribution in [0.2, 0.25) is 0 Å². The highest BCUT2D eigenvalue weighted by atomic mass is 16.3. The maximum atomic E-state index is 12.2. The van der Waals surface area contributed by atoms with Crippen LogP contribution >= 0.6 is 0 Å². The molecule has 0 bridgehead atoms. The molecule has 2 aromatic rings. The molecule has 1 aliphatic rings. The predicted molar refractivity (Wildman–Crippen MR) is 99.9 cm³/mol. The third kappa shape index (κ3) is 4.35. The van der Waals surface area contributed by atoms with Crippen molar-refractivity contribution >= 4 is 11.7 Å². The van der Waals surface area contributed by atoms with Crippen LogP contribution in [0.3, 0.4) is 0 Å². The minimum atomic E-state index is -0.0286. The molecule has 25 heavy (non-hydrogen) atoms. The average Bonchev–Trinajstić information content (AvgIpc) is 3.13. The molecular formula is C20H27N3O2. The number of benzene rings is 1. The highest BCUT2D eigenvalue weighted by Gasteiger charge is 2.21. The first-order valence-electron chi connectivity index (χ1n) is 8.84. The van der Waals surface area contributed by atoms with Crippen molar-refractivity contribution in [1.29, 1.82) is 0 Å². The van der Waals surface area contributed by atoms with E-state index in [-0.39, 0.29) is 11.4 Å². The van der Waals surface area contributed by atoms with Gasteiger partial charge in [0, 0.05) is 31.9 Å². The molecule has 5 nitrogen and oxygen atoms in total. The lowest BCUT2D eigenvalue weighted by molar-refractivity contribution is 0.193. The van der Waals surface area contributed by atoms with Gasteiger partial charge in [-0.1, -0.05) is 32.9 Å². The SMILES string of the molecule is CC(C)(C)c1ccc(N2CCN(C(=O)NCc3ccco3)CC2)cc1. The second kappa shape index (κ2) is 7.21. The Kier molecular flexibility index (Phi) is 5.02. The first kappa shape index (κ1) is 17.4. The third-order valence-electron chi connectivity index (χ3n) is 4.66. The molecule has 0 spiro atoms.